The molecule has 0 aliphatic carbocycles. The van der Waals surface area contributed by atoms with Gasteiger partial charge in [0.1, 0.15) is 5.82 Å². The zero-order valence-electron chi connectivity index (χ0n) is 18.8. The fraction of sp³-hybridized carbons (Fsp3) is 0.231. The highest BCUT2D eigenvalue weighted by Crippen LogP contribution is 2.35. The minimum Gasteiger partial charge on any atom is -0.390 e. The van der Waals surface area contributed by atoms with Crippen molar-refractivity contribution in [1.82, 2.24) is 19.7 Å². The highest BCUT2D eigenvalue weighted by Gasteiger charge is 2.23. The number of aromatic nitrogens is 3. The summed E-state index contributed by atoms with van der Waals surface area (Å²) in [6, 6.07) is 15.0. The molecule has 2 aromatic carbocycles. The summed E-state index contributed by atoms with van der Waals surface area (Å²) in [6.07, 6.45) is 0.969. The van der Waals surface area contributed by atoms with E-state index in [2.05, 4.69) is 18.4 Å². The molecule has 33 heavy (non-hydrogen) atoms. The number of fused-ring (bicyclic) bond motifs is 1. The van der Waals surface area contributed by atoms with Crippen molar-refractivity contribution in [2.24, 2.45) is 0 Å². The summed E-state index contributed by atoms with van der Waals surface area (Å²) in [5, 5.41) is 5.71. The first-order chi connectivity index (χ1) is 15.9. The molecule has 0 saturated heterocycles. The van der Waals surface area contributed by atoms with Crippen molar-refractivity contribution in [3.8, 4) is 22.8 Å². The van der Waals surface area contributed by atoms with Gasteiger partial charge >= 0.3 is 0 Å². The lowest BCUT2D eigenvalue weighted by atomic mass is 10.0. The van der Waals surface area contributed by atoms with Crippen LogP contribution in [0.4, 0.5) is 9.39 Å². The van der Waals surface area contributed by atoms with Crippen molar-refractivity contribution in [3.63, 3.8) is 0 Å². The van der Waals surface area contributed by atoms with Gasteiger partial charge in [0.25, 0.3) is 0 Å². The van der Waals surface area contributed by atoms with E-state index >= 15 is 0 Å². The van der Waals surface area contributed by atoms with Crippen LogP contribution < -0.4 is 5.73 Å². The van der Waals surface area contributed by atoms with Crippen molar-refractivity contribution < 1.29 is 4.39 Å². The molecular formula is C26H26FN5S. The second kappa shape index (κ2) is 8.48. The fourth-order valence-corrected chi connectivity index (χ4v) is 5.42. The van der Waals surface area contributed by atoms with Gasteiger partial charge in [0.2, 0.25) is 0 Å². The standard InChI is InChI=1S/C26H26FN5S/c1-16-13-20(9-10-22(16)27)25-29-26(19-7-5-4-6-8-19)32(30-25)14-17(2)31-12-11-21-18(3)24(28)33-23(21)15-31/h4-10,13H,2,11-12,14-15,28H2,1,3H3. The van der Waals surface area contributed by atoms with Crippen molar-refractivity contribution >= 4 is 16.3 Å². The molecule has 0 radical (unpaired) electrons. The summed E-state index contributed by atoms with van der Waals surface area (Å²) in [5.41, 5.74) is 12.1. The van der Waals surface area contributed by atoms with E-state index in [1.165, 1.54) is 22.1 Å². The van der Waals surface area contributed by atoms with Crippen LogP contribution in [0.5, 0.6) is 0 Å². The molecule has 0 amide bonds. The summed E-state index contributed by atoms with van der Waals surface area (Å²) in [5.74, 6) is 1.11. The molecule has 3 heterocycles. The number of aryl methyl sites for hydroxylation is 1. The van der Waals surface area contributed by atoms with Crippen LogP contribution in [0.3, 0.4) is 0 Å². The first-order valence-electron chi connectivity index (χ1n) is 11.0. The topological polar surface area (TPSA) is 60.0 Å². The van der Waals surface area contributed by atoms with Crippen molar-refractivity contribution in [3.05, 3.63) is 88.2 Å². The summed E-state index contributed by atoms with van der Waals surface area (Å²) in [4.78, 5) is 8.45. The van der Waals surface area contributed by atoms with Gasteiger partial charge in [-0.05, 0) is 55.2 Å². The smallest absolute Gasteiger partial charge is 0.181 e. The van der Waals surface area contributed by atoms with Crippen LogP contribution in [0.15, 0.2) is 60.8 Å². The highest BCUT2D eigenvalue weighted by atomic mass is 32.1. The second-order valence-electron chi connectivity index (χ2n) is 8.48. The van der Waals surface area contributed by atoms with Gasteiger partial charge in [-0.25, -0.2) is 14.1 Å². The van der Waals surface area contributed by atoms with Crippen molar-refractivity contribution in [2.45, 2.75) is 33.4 Å². The number of hydrogen-bond donors (Lipinski definition) is 1. The summed E-state index contributed by atoms with van der Waals surface area (Å²) in [6.45, 7) is 10.5. The summed E-state index contributed by atoms with van der Waals surface area (Å²) < 4.78 is 15.7. The summed E-state index contributed by atoms with van der Waals surface area (Å²) >= 11 is 1.68. The van der Waals surface area contributed by atoms with E-state index in [4.69, 9.17) is 15.8 Å². The predicted molar refractivity (Wildman–Crippen MR) is 132 cm³/mol. The molecule has 5 rings (SSSR count). The Morgan fingerprint density at radius 3 is 2.70 bits per heavy atom. The third-order valence-corrected chi connectivity index (χ3v) is 7.41. The number of halogens is 1. The zero-order valence-corrected chi connectivity index (χ0v) is 19.6. The lowest BCUT2D eigenvalue weighted by molar-refractivity contribution is 0.307. The molecule has 2 aromatic heterocycles. The average molecular weight is 460 g/mol. The number of anilines is 1. The quantitative estimate of drug-likeness (QED) is 0.423. The Bertz CT molecular complexity index is 1340. The van der Waals surface area contributed by atoms with E-state index in [-0.39, 0.29) is 5.82 Å². The first kappa shape index (κ1) is 21.4. The molecule has 4 aromatic rings. The van der Waals surface area contributed by atoms with E-state index in [0.717, 1.165) is 47.2 Å². The molecule has 1 aliphatic heterocycles. The van der Waals surface area contributed by atoms with Gasteiger partial charge in [-0.1, -0.05) is 36.9 Å². The number of benzene rings is 2. The number of nitrogen functional groups attached to an aromatic ring is 1. The molecule has 0 unspecified atom stereocenters. The number of rotatable bonds is 5. The molecule has 5 nitrogen and oxygen atoms in total. The maximum atomic E-state index is 13.8. The number of allylic oxidation sites excluding steroid dienone is 1. The van der Waals surface area contributed by atoms with E-state index in [1.807, 2.05) is 35.0 Å². The summed E-state index contributed by atoms with van der Waals surface area (Å²) in [7, 11) is 0. The molecule has 168 valence electrons. The second-order valence-corrected chi connectivity index (χ2v) is 9.61. The van der Waals surface area contributed by atoms with Gasteiger partial charge in [0.05, 0.1) is 18.1 Å². The number of nitrogens with two attached hydrogens (primary N) is 1. The molecule has 0 spiro atoms. The van der Waals surface area contributed by atoms with E-state index in [9.17, 15) is 4.39 Å². The third kappa shape index (κ3) is 4.04. The van der Waals surface area contributed by atoms with Crippen LogP contribution in [0, 0.1) is 19.7 Å². The fourth-order valence-electron chi connectivity index (χ4n) is 4.28. The Hall–Kier alpha value is -3.45. The highest BCUT2D eigenvalue weighted by molar-refractivity contribution is 7.16. The van der Waals surface area contributed by atoms with E-state index < -0.39 is 0 Å². The van der Waals surface area contributed by atoms with Crippen LogP contribution in [0.1, 0.15) is 21.6 Å². The SMILES string of the molecule is C=C(Cn1nc(-c2ccc(F)c(C)c2)nc1-c1ccccc1)N1CCc2c(sc(N)c2C)C1. The lowest BCUT2D eigenvalue weighted by Gasteiger charge is -2.31. The molecule has 0 saturated carbocycles. The number of hydrogen-bond acceptors (Lipinski definition) is 5. The zero-order chi connectivity index (χ0) is 23.1. The van der Waals surface area contributed by atoms with Gasteiger partial charge in [-0.15, -0.1) is 11.3 Å². The van der Waals surface area contributed by atoms with E-state index in [0.29, 0.717) is 17.9 Å². The monoisotopic (exact) mass is 459 g/mol. The maximum absolute atomic E-state index is 13.8. The molecule has 0 atom stereocenters. The van der Waals surface area contributed by atoms with Crippen LogP contribution in [-0.4, -0.2) is 26.2 Å². The molecule has 2 N–H and O–H groups in total. The van der Waals surface area contributed by atoms with Gasteiger partial charge in [0.15, 0.2) is 11.6 Å². The Morgan fingerprint density at radius 2 is 1.94 bits per heavy atom. The first-order valence-corrected chi connectivity index (χ1v) is 11.8. The molecule has 1 aliphatic rings. The van der Waals surface area contributed by atoms with Crippen LogP contribution in [0.2, 0.25) is 0 Å². The molecule has 0 fully saturated rings. The Morgan fingerprint density at radius 1 is 1.15 bits per heavy atom. The minimum atomic E-state index is -0.233. The van der Waals surface area contributed by atoms with Crippen LogP contribution in [0.25, 0.3) is 22.8 Å². The molecule has 0 bridgehead atoms. The van der Waals surface area contributed by atoms with Gasteiger partial charge in [0, 0.05) is 28.2 Å². The van der Waals surface area contributed by atoms with Gasteiger partial charge < -0.3 is 10.6 Å². The number of thiophene rings is 1. The third-order valence-electron chi connectivity index (χ3n) is 6.26. The van der Waals surface area contributed by atoms with Gasteiger partial charge in [-0.3, -0.25) is 0 Å². The van der Waals surface area contributed by atoms with Crippen LogP contribution >= 0.6 is 11.3 Å². The predicted octanol–water partition coefficient (Wildman–Crippen LogP) is 5.58. The minimum absolute atomic E-state index is 0.233. The lowest BCUT2D eigenvalue weighted by Crippen LogP contribution is -2.30. The van der Waals surface area contributed by atoms with Crippen molar-refractivity contribution in [2.75, 3.05) is 12.3 Å². The molecule has 7 heteroatoms. The maximum Gasteiger partial charge on any atom is 0.181 e. The van der Waals surface area contributed by atoms with Crippen LogP contribution in [-0.2, 0) is 19.5 Å². The average Bonchev–Trinajstić information content (AvgIpc) is 3.36. The Kier molecular flexibility index (Phi) is 5.50. The van der Waals surface area contributed by atoms with Crippen molar-refractivity contribution in [1.29, 1.82) is 0 Å². The Balaban J connectivity index is 1.46. The van der Waals surface area contributed by atoms with E-state index in [1.54, 1.807) is 30.4 Å². The number of nitrogens with zero attached hydrogens (tertiary/aromatic N) is 4. The van der Waals surface area contributed by atoms with Gasteiger partial charge in [-0.2, -0.15) is 5.10 Å². The normalized spacial score (nSPS) is 13.2. The largest absolute Gasteiger partial charge is 0.390 e. The Labute approximate surface area is 197 Å². The molecular weight excluding hydrogens is 433 g/mol.